The van der Waals surface area contributed by atoms with E-state index < -0.39 is 0 Å². The number of nitrogens with zero attached hydrogens (tertiary/aromatic N) is 1. The molecule has 2 aromatic rings. The largest absolute Gasteiger partial charge is 0.460 e. The maximum Gasteiger partial charge on any atom is 0.272 e. The summed E-state index contributed by atoms with van der Waals surface area (Å²) >= 11 is 1.59. The van der Waals surface area contributed by atoms with Crippen LogP contribution in [0.4, 0.5) is 0 Å². The molecule has 5 heteroatoms. The number of carbonyl (C=O) groups excluding carboxylic acids is 1. The summed E-state index contributed by atoms with van der Waals surface area (Å²) in [6, 6.07) is 5.54. The van der Waals surface area contributed by atoms with Crippen molar-refractivity contribution in [2.24, 2.45) is 5.10 Å². The molecule has 2 heterocycles. The zero-order valence-corrected chi connectivity index (χ0v) is 12.0. The molecule has 2 aromatic heterocycles. The van der Waals surface area contributed by atoms with Crippen molar-refractivity contribution in [3.63, 3.8) is 0 Å². The van der Waals surface area contributed by atoms with Crippen molar-refractivity contribution in [3.8, 4) is 0 Å². The molecular formula is C14H16N2O2S. The summed E-state index contributed by atoms with van der Waals surface area (Å²) in [6.07, 6.45) is 1.49. The Kier molecular flexibility index (Phi) is 4.16. The average molecular weight is 276 g/mol. The topological polar surface area (TPSA) is 54.6 Å². The second kappa shape index (κ2) is 5.84. The number of furan rings is 1. The molecule has 0 saturated heterocycles. The molecule has 19 heavy (non-hydrogen) atoms. The average Bonchev–Trinajstić information content (AvgIpc) is 2.98. The van der Waals surface area contributed by atoms with Gasteiger partial charge in [0, 0.05) is 10.3 Å². The fourth-order valence-corrected chi connectivity index (χ4v) is 2.42. The molecule has 1 N–H and O–H groups in total. The standard InChI is InChI=1S/C14H16N2O2S/c1-9(2)13-6-11(8-19-13)14(17)16-15-7-12-5-4-10(3)18-12/h4-9H,1-3H3,(H,16,17)/b15-7-. The number of aryl methyl sites for hydroxylation is 1. The van der Waals surface area contributed by atoms with Crippen molar-refractivity contribution in [2.45, 2.75) is 26.7 Å². The van der Waals surface area contributed by atoms with E-state index in [2.05, 4.69) is 24.4 Å². The quantitative estimate of drug-likeness (QED) is 0.686. The Bertz CT molecular complexity index is 596. The SMILES string of the molecule is Cc1ccc(/C=N\NC(=O)c2csc(C(C)C)c2)o1. The number of thiophene rings is 1. The van der Waals surface area contributed by atoms with Crippen LogP contribution in [-0.2, 0) is 0 Å². The molecule has 0 fully saturated rings. The lowest BCUT2D eigenvalue weighted by Crippen LogP contribution is -2.16. The zero-order valence-electron chi connectivity index (χ0n) is 11.1. The molecule has 0 aliphatic carbocycles. The molecular weight excluding hydrogens is 260 g/mol. The minimum atomic E-state index is -0.206. The highest BCUT2D eigenvalue weighted by Crippen LogP contribution is 2.22. The predicted molar refractivity (Wildman–Crippen MR) is 76.9 cm³/mol. The number of nitrogens with one attached hydrogen (secondary N) is 1. The lowest BCUT2D eigenvalue weighted by molar-refractivity contribution is 0.0955. The van der Waals surface area contributed by atoms with E-state index in [-0.39, 0.29) is 5.91 Å². The Morgan fingerprint density at radius 1 is 1.47 bits per heavy atom. The predicted octanol–water partition coefficient (Wildman–Crippen LogP) is 3.54. The van der Waals surface area contributed by atoms with E-state index in [0.29, 0.717) is 17.2 Å². The number of hydrogen-bond acceptors (Lipinski definition) is 4. The molecule has 1 amide bonds. The van der Waals surface area contributed by atoms with Crippen LogP contribution in [0.15, 0.2) is 33.1 Å². The van der Waals surface area contributed by atoms with Crippen LogP contribution in [0.25, 0.3) is 0 Å². The van der Waals surface area contributed by atoms with Gasteiger partial charge in [-0.25, -0.2) is 5.43 Å². The van der Waals surface area contributed by atoms with Gasteiger partial charge in [-0.3, -0.25) is 4.79 Å². The van der Waals surface area contributed by atoms with Gasteiger partial charge in [-0.1, -0.05) is 13.8 Å². The number of hydrazone groups is 1. The van der Waals surface area contributed by atoms with E-state index >= 15 is 0 Å². The van der Waals surface area contributed by atoms with Crippen molar-refractivity contribution < 1.29 is 9.21 Å². The van der Waals surface area contributed by atoms with Gasteiger partial charge >= 0.3 is 0 Å². The fourth-order valence-electron chi connectivity index (χ4n) is 1.52. The molecule has 0 atom stereocenters. The minimum absolute atomic E-state index is 0.206. The van der Waals surface area contributed by atoms with Crippen LogP contribution >= 0.6 is 11.3 Å². The molecule has 0 aromatic carbocycles. The lowest BCUT2D eigenvalue weighted by Gasteiger charge is -1.97. The number of hydrogen-bond donors (Lipinski definition) is 1. The van der Waals surface area contributed by atoms with Gasteiger partial charge in [0.25, 0.3) is 5.91 Å². The first-order chi connectivity index (χ1) is 9.06. The molecule has 0 aliphatic rings. The number of amides is 1. The zero-order chi connectivity index (χ0) is 13.8. The van der Waals surface area contributed by atoms with Crippen molar-refractivity contribution in [2.75, 3.05) is 0 Å². The van der Waals surface area contributed by atoms with Gasteiger partial charge in [0.05, 0.1) is 11.8 Å². The summed E-state index contributed by atoms with van der Waals surface area (Å²) in [5, 5.41) is 5.72. The van der Waals surface area contributed by atoms with E-state index in [1.807, 2.05) is 24.4 Å². The molecule has 0 radical (unpaired) electrons. The summed E-state index contributed by atoms with van der Waals surface area (Å²) in [5.74, 6) is 1.65. The second-order valence-corrected chi connectivity index (χ2v) is 5.48. The van der Waals surface area contributed by atoms with Gasteiger partial charge in [0.15, 0.2) is 0 Å². The van der Waals surface area contributed by atoms with Crippen molar-refractivity contribution >= 4 is 23.5 Å². The summed E-state index contributed by atoms with van der Waals surface area (Å²) in [5.41, 5.74) is 3.13. The Hall–Kier alpha value is -1.88. The highest BCUT2D eigenvalue weighted by molar-refractivity contribution is 7.10. The highest BCUT2D eigenvalue weighted by atomic mass is 32.1. The maximum atomic E-state index is 11.8. The first kappa shape index (κ1) is 13.5. The first-order valence-corrected chi connectivity index (χ1v) is 6.92. The molecule has 0 bridgehead atoms. The van der Waals surface area contributed by atoms with Gasteiger partial charge < -0.3 is 4.42 Å². The van der Waals surface area contributed by atoms with Crippen LogP contribution in [-0.4, -0.2) is 12.1 Å². The molecule has 100 valence electrons. The third-order valence-electron chi connectivity index (χ3n) is 2.57. The van der Waals surface area contributed by atoms with Gasteiger partial charge in [-0.15, -0.1) is 11.3 Å². The molecule has 2 rings (SSSR count). The van der Waals surface area contributed by atoms with Crippen LogP contribution in [0.5, 0.6) is 0 Å². The van der Waals surface area contributed by atoms with Crippen LogP contribution in [0.2, 0.25) is 0 Å². The Morgan fingerprint density at radius 3 is 2.84 bits per heavy atom. The van der Waals surface area contributed by atoms with Gasteiger partial charge in [-0.2, -0.15) is 5.10 Å². The third kappa shape index (κ3) is 3.54. The summed E-state index contributed by atoms with van der Waals surface area (Å²) in [4.78, 5) is 13.0. The molecule has 0 saturated carbocycles. The van der Waals surface area contributed by atoms with Crippen molar-refractivity contribution in [1.82, 2.24) is 5.43 Å². The van der Waals surface area contributed by atoms with Crippen LogP contribution in [0.3, 0.4) is 0 Å². The lowest BCUT2D eigenvalue weighted by atomic mass is 10.1. The highest BCUT2D eigenvalue weighted by Gasteiger charge is 2.09. The third-order valence-corrected chi connectivity index (χ3v) is 3.80. The monoisotopic (exact) mass is 276 g/mol. The Balaban J connectivity index is 1.95. The van der Waals surface area contributed by atoms with E-state index in [1.54, 1.807) is 17.4 Å². The summed E-state index contributed by atoms with van der Waals surface area (Å²) < 4.78 is 5.31. The minimum Gasteiger partial charge on any atom is -0.460 e. The summed E-state index contributed by atoms with van der Waals surface area (Å²) in [6.45, 7) is 6.06. The molecule has 4 nitrogen and oxygen atoms in total. The van der Waals surface area contributed by atoms with Crippen molar-refractivity contribution in [3.05, 3.63) is 45.5 Å². The fraction of sp³-hybridized carbons (Fsp3) is 0.286. The van der Waals surface area contributed by atoms with E-state index in [1.165, 1.54) is 11.1 Å². The molecule has 0 unspecified atom stereocenters. The smallest absolute Gasteiger partial charge is 0.272 e. The van der Waals surface area contributed by atoms with Crippen LogP contribution in [0, 0.1) is 6.92 Å². The van der Waals surface area contributed by atoms with Gasteiger partial charge in [-0.05, 0) is 31.0 Å². The Labute approximate surface area is 116 Å². The van der Waals surface area contributed by atoms with E-state index in [9.17, 15) is 4.79 Å². The molecule has 0 spiro atoms. The molecule has 0 aliphatic heterocycles. The normalized spacial score (nSPS) is 11.4. The van der Waals surface area contributed by atoms with Gasteiger partial charge in [0.2, 0.25) is 0 Å². The number of carbonyl (C=O) groups is 1. The summed E-state index contributed by atoms with van der Waals surface area (Å²) in [7, 11) is 0. The van der Waals surface area contributed by atoms with E-state index in [0.717, 1.165) is 5.76 Å². The second-order valence-electron chi connectivity index (χ2n) is 4.54. The first-order valence-electron chi connectivity index (χ1n) is 6.04. The Morgan fingerprint density at radius 2 is 2.26 bits per heavy atom. The van der Waals surface area contributed by atoms with Crippen LogP contribution < -0.4 is 5.43 Å². The van der Waals surface area contributed by atoms with Crippen LogP contribution in [0.1, 0.15) is 46.5 Å². The number of rotatable bonds is 4. The van der Waals surface area contributed by atoms with Crippen molar-refractivity contribution in [1.29, 1.82) is 0 Å². The maximum absolute atomic E-state index is 11.8. The van der Waals surface area contributed by atoms with E-state index in [4.69, 9.17) is 4.42 Å². The van der Waals surface area contributed by atoms with Gasteiger partial charge in [0.1, 0.15) is 11.5 Å².